The summed E-state index contributed by atoms with van der Waals surface area (Å²) in [4.78, 5) is 0. The second-order valence-electron chi connectivity index (χ2n) is 3.58. The summed E-state index contributed by atoms with van der Waals surface area (Å²) < 4.78 is 5.13. The van der Waals surface area contributed by atoms with Gasteiger partial charge in [0.25, 0.3) is 0 Å². The van der Waals surface area contributed by atoms with Gasteiger partial charge in [-0.3, -0.25) is 0 Å². The van der Waals surface area contributed by atoms with E-state index in [4.69, 9.17) is 4.52 Å². The quantitative estimate of drug-likeness (QED) is 0.684. The van der Waals surface area contributed by atoms with E-state index >= 15 is 0 Å². The highest BCUT2D eigenvalue weighted by molar-refractivity contribution is 5.63. The lowest BCUT2D eigenvalue weighted by Gasteiger charge is -1.97. The number of aryl methyl sites for hydroxylation is 2. The molecular weight excluding hydrogens is 174 g/mol. The van der Waals surface area contributed by atoms with Gasteiger partial charge in [0.2, 0.25) is 0 Å². The van der Waals surface area contributed by atoms with E-state index in [0.29, 0.717) is 0 Å². The number of nitrogens with zero attached hydrogens (tertiary/aromatic N) is 1. The topological polar surface area (TPSA) is 26.0 Å². The Balaban J connectivity index is 2.49. The monoisotopic (exact) mass is 187 g/mol. The van der Waals surface area contributed by atoms with Crippen LogP contribution in [0.15, 0.2) is 28.8 Å². The van der Waals surface area contributed by atoms with E-state index in [0.717, 1.165) is 22.6 Å². The van der Waals surface area contributed by atoms with Crippen LogP contribution < -0.4 is 0 Å². The van der Waals surface area contributed by atoms with Crippen LogP contribution >= 0.6 is 0 Å². The molecule has 0 amide bonds. The molecule has 1 aromatic carbocycles. The van der Waals surface area contributed by atoms with Crippen molar-refractivity contribution in [3.63, 3.8) is 0 Å². The fourth-order valence-electron chi connectivity index (χ4n) is 1.40. The summed E-state index contributed by atoms with van der Waals surface area (Å²) >= 11 is 0. The SMILES string of the molecule is Cc1ccc(-c2noc(C)c2C)cc1. The summed E-state index contributed by atoms with van der Waals surface area (Å²) in [6.07, 6.45) is 0. The minimum atomic E-state index is 0.889. The molecule has 0 radical (unpaired) electrons. The molecule has 0 N–H and O–H groups in total. The Morgan fingerprint density at radius 3 is 2.14 bits per heavy atom. The molecule has 0 spiro atoms. The Morgan fingerprint density at radius 1 is 1.00 bits per heavy atom. The summed E-state index contributed by atoms with van der Waals surface area (Å²) in [5.74, 6) is 0.889. The zero-order valence-electron chi connectivity index (χ0n) is 8.66. The van der Waals surface area contributed by atoms with Gasteiger partial charge in [-0.2, -0.15) is 0 Å². The number of rotatable bonds is 1. The lowest BCUT2D eigenvalue weighted by molar-refractivity contribution is 0.398. The van der Waals surface area contributed by atoms with E-state index in [-0.39, 0.29) is 0 Å². The van der Waals surface area contributed by atoms with Crippen molar-refractivity contribution in [1.29, 1.82) is 0 Å². The Kier molecular flexibility index (Phi) is 2.12. The molecule has 14 heavy (non-hydrogen) atoms. The highest BCUT2D eigenvalue weighted by Gasteiger charge is 2.09. The van der Waals surface area contributed by atoms with Crippen LogP contribution in [0, 0.1) is 20.8 Å². The third kappa shape index (κ3) is 1.43. The fourth-order valence-corrected chi connectivity index (χ4v) is 1.40. The van der Waals surface area contributed by atoms with Crippen molar-refractivity contribution in [2.24, 2.45) is 0 Å². The molecule has 2 nitrogen and oxygen atoms in total. The van der Waals surface area contributed by atoms with Gasteiger partial charge >= 0.3 is 0 Å². The number of hydrogen-bond acceptors (Lipinski definition) is 2. The maximum absolute atomic E-state index is 5.13. The van der Waals surface area contributed by atoms with Crippen LogP contribution in [0.5, 0.6) is 0 Å². The number of hydrogen-bond donors (Lipinski definition) is 0. The molecule has 0 unspecified atom stereocenters. The van der Waals surface area contributed by atoms with Crippen LogP contribution in [0.1, 0.15) is 16.9 Å². The molecule has 72 valence electrons. The van der Waals surface area contributed by atoms with Crippen LogP contribution in [0.4, 0.5) is 0 Å². The van der Waals surface area contributed by atoms with Gasteiger partial charge in [0, 0.05) is 11.1 Å². The second-order valence-corrected chi connectivity index (χ2v) is 3.58. The van der Waals surface area contributed by atoms with Crippen molar-refractivity contribution in [3.05, 3.63) is 41.2 Å². The zero-order valence-corrected chi connectivity index (χ0v) is 8.66. The molecule has 0 aliphatic carbocycles. The predicted molar refractivity (Wildman–Crippen MR) is 56.2 cm³/mol. The maximum Gasteiger partial charge on any atom is 0.137 e. The molecule has 0 aliphatic heterocycles. The summed E-state index contributed by atoms with van der Waals surface area (Å²) in [5.41, 5.74) is 4.44. The van der Waals surface area contributed by atoms with Gasteiger partial charge in [-0.15, -0.1) is 0 Å². The van der Waals surface area contributed by atoms with Gasteiger partial charge in [0.1, 0.15) is 11.5 Å². The summed E-state index contributed by atoms with van der Waals surface area (Å²) in [6.45, 7) is 6.03. The fraction of sp³-hybridized carbons (Fsp3) is 0.250. The van der Waals surface area contributed by atoms with Crippen molar-refractivity contribution in [3.8, 4) is 11.3 Å². The lowest BCUT2D eigenvalue weighted by atomic mass is 10.1. The molecule has 2 aromatic rings. The third-order valence-electron chi connectivity index (χ3n) is 2.48. The van der Waals surface area contributed by atoms with Gasteiger partial charge in [-0.1, -0.05) is 35.0 Å². The highest BCUT2D eigenvalue weighted by Crippen LogP contribution is 2.24. The van der Waals surface area contributed by atoms with Crippen molar-refractivity contribution >= 4 is 0 Å². The average Bonchev–Trinajstić information content (AvgIpc) is 2.50. The van der Waals surface area contributed by atoms with E-state index in [1.165, 1.54) is 5.56 Å². The first-order valence-corrected chi connectivity index (χ1v) is 4.68. The molecule has 0 atom stereocenters. The normalized spacial score (nSPS) is 10.5. The Bertz CT molecular complexity index is 440. The van der Waals surface area contributed by atoms with Crippen molar-refractivity contribution in [2.45, 2.75) is 20.8 Å². The molecule has 1 aromatic heterocycles. The molecule has 0 saturated carbocycles. The first kappa shape index (κ1) is 9.00. The maximum atomic E-state index is 5.13. The minimum absolute atomic E-state index is 0.889. The largest absolute Gasteiger partial charge is 0.361 e. The Morgan fingerprint density at radius 2 is 1.64 bits per heavy atom. The van der Waals surface area contributed by atoms with E-state index in [1.807, 2.05) is 13.8 Å². The van der Waals surface area contributed by atoms with Crippen LogP contribution in [0.3, 0.4) is 0 Å². The zero-order chi connectivity index (χ0) is 10.1. The molecule has 2 heteroatoms. The molecule has 0 saturated heterocycles. The molecular formula is C12H13NO. The van der Waals surface area contributed by atoms with E-state index in [2.05, 4.69) is 36.3 Å². The first-order chi connectivity index (χ1) is 6.68. The number of aromatic nitrogens is 1. The third-order valence-corrected chi connectivity index (χ3v) is 2.48. The predicted octanol–water partition coefficient (Wildman–Crippen LogP) is 3.27. The van der Waals surface area contributed by atoms with Crippen molar-refractivity contribution in [2.75, 3.05) is 0 Å². The van der Waals surface area contributed by atoms with Crippen molar-refractivity contribution in [1.82, 2.24) is 5.16 Å². The highest BCUT2D eigenvalue weighted by atomic mass is 16.5. The minimum Gasteiger partial charge on any atom is -0.361 e. The first-order valence-electron chi connectivity index (χ1n) is 4.68. The molecule has 0 aliphatic rings. The molecule has 2 rings (SSSR count). The van der Waals surface area contributed by atoms with Gasteiger partial charge in [-0.05, 0) is 20.8 Å². The van der Waals surface area contributed by atoms with E-state index in [1.54, 1.807) is 0 Å². The van der Waals surface area contributed by atoms with Gasteiger partial charge in [0.05, 0.1) is 0 Å². The van der Waals surface area contributed by atoms with E-state index in [9.17, 15) is 0 Å². The summed E-state index contributed by atoms with van der Waals surface area (Å²) in [5, 5.41) is 4.04. The molecule has 0 bridgehead atoms. The standard InChI is InChI=1S/C12H13NO/c1-8-4-6-11(7-5-8)12-9(2)10(3)14-13-12/h4-7H,1-3H3. The van der Waals surface area contributed by atoms with Gasteiger partial charge in [-0.25, -0.2) is 0 Å². The Hall–Kier alpha value is -1.57. The van der Waals surface area contributed by atoms with Gasteiger partial charge in [0.15, 0.2) is 0 Å². The van der Waals surface area contributed by atoms with Crippen LogP contribution in [0.25, 0.3) is 11.3 Å². The smallest absolute Gasteiger partial charge is 0.137 e. The second kappa shape index (κ2) is 3.29. The van der Waals surface area contributed by atoms with Crippen LogP contribution in [-0.4, -0.2) is 5.16 Å². The van der Waals surface area contributed by atoms with Crippen molar-refractivity contribution < 1.29 is 4.52 Å². The van der Waals surface area contributed by atoms with Crippen LogP contribution in [-0.2, 0) is 0 Å². The van der Waals surface area contributed by atoms with Gasteiger partial charge < -0.3 is 4.52 Å². The molecule has 0 fully saturated rings. The van der Waals surface area contributed by atoms with E-state index < -0.39 is 0 Å². The van der Waals surface area contributed by atoms with Crippen LogP contribution in [0.2, 0.25) is 0 Å². The summed E-state index contributed by atoms with van der Waals surface area (Å²) in [6, 6.07) is 8.30. The summed E-state index contributed by atoms with van der Waals surface area (Å²) in [7, 11) is 0. The molecule has 1 heterocycles. The number of benzene rings is 1. The lowest BCUT2D eigenvalue weighted by Crippen LogP contribution is -1.81. The average molecular weight is 187 g/mol. The Labute approximate surface area is 83.5 Å².